The van der Waals surface area contributed by atoms with Crippen LogP contribution in [0.15, 0.2) is 115 Å². The minimum absolute atomic E-state index is 0.0448. The van der Waals surface area contributed by atoms with Crippen molar-refractivity contribution < 1.29 is 32.8 Å². The van der Waals surface area contributed by atoms with Gasteiger partial charge < -0.3 is 14.9 Å². The number of phosphoric acid groups is 1. The molecule has 1 amide bonds. The first-order chi connectivity index (χ1) is 19.4. The molecule has 0 aliphatic carbocycles. The molecule has 4 aromatic rings. The fourth-order valence-electron chi connectivity index (χ4n) is 3.84. The molecule has 4 aromatic carbocycles. The Kier molecular flexibility index (Phi) is 10.4. The molecule has 0 saturated carbocycles. The monoisotopic (exact) mass is 559 g/mol. The lowest BCUT2D eigenvalue weighted by molar-refractivity contribution is -0.123. The number of rotatable bonds is 13. The highest BCUT2D eigenvalue weighted by Gasteiger charge is 2.31. The summed E-state index contributed by atoms with van der Waals surface area (Å²) in [6.45, 7) is 0.0879. The second-order valence-corrected chi connectivity index (χ2v) is 10.4. The number of ether oxygens (including phenoxy) is 1. The molecular weight excluding hydrogens is 529 g/mol. The fraction of sp³-hybridized carbons (Fsp3) is 0.161. The Morgan fingerprint density at radius 2 is 1.30 bits per heavy atom. The van der Waals surface area contributed by atoms with Gasteiger partial charge in [-0.15, -0.1) is 0 Å². The highest BCUT2D eigenvalue weighted by molar-refractivity contribution is 7.47. The topological polar surface area (TPSA) is 111 Å². The number of nitrogens with one attached hydrogen (secondary N) is 1. The summed E-state index contributed by atoms with van der Waals surface area (Å²) in [6.07, 6.45) is -0.862. The summed E-state index contributed by atoms with van der Waals surface area (Å²) in [6, 6.07) is 33.9. The van der Waals surface area contributed by atoms with E-state index in [1.54, 1.807) is 36.4 Å². The van der Waals surface area contributed by atoms with Gasteiger partial charge in [0.1, 0.15) is 6.61 Å². The zero-order chi connectivity index (χ0) is 28.2. The van der Waals surface area contributed by atoms with Crippen molar-refractivity contribution >= 4 is 25.4 Å². The number of carbonyl (C=O) groups is 2. The smallest absolute Gasteiger partial charge is 0.457 e. The highest BCUT2D eigenvalue weighted by atomic mass is 31.2. The summed E-state index contributed by atoms with van der Waals surface area (Å²) in [5.74, 6) is -1.13. The SMILES string of the molecule is O=C(OCc1ccccc1)c1ccc(NC(=O)[C@H](Cc2ccccc2)OP(=O)(O)OCCc2ccccc2)cc1. The molecule has 40 heavy (non-hydrogen) atoms. The van der Waals surface area contributed by atoms with Crippen molar-refractivity contribution in [1.82, 2.24) is 0 Å². The Balaban J connectivity index is 1.37. The van der Waals surface area contributed by atoms with Crippen LogP contribution in [0.3, 0.4) is 0 Å². The summed E-state index contributed by atoms with van der Waals surface area (Å²) in [5, 5.41) is 2.69. The van der Waals surface area contributed by atoms with Crippen molar-refractivity contribution in [2.45, 2.75) is 25.6 Å². The number of hydrogen-bond acceptors (Lipinski definition) is 6. The fourth-order valence-corrected chi connectivity index (χ4v) is 4.71. The first-order valence-electron chi connectivity index (χ1n) is 12.7. The lowest BCUT2D eigenvalue weighted by atomic mass is 10.1. The summed E-state index contributed by atoms with van der Waals surface area (Å²) in [5.41, 5.74) is 3.24. The van der Waals surface area contributed by atoms with Gasteiger partial charge in [-0.2, -0.15) is 0 Å². The molecule has 4 rings (SSSR count). The van der Waals surface area contributed by atoms with Crippen molar-refractivity contribution in [3.8, 4) is 0 Å². The number of amides is 1. The van der Waals surface area contributed by atoms with Gasteiger partial charge in [-0.1, -0.05) is 91.0 Å². The van der Waals surface area contributed by atoms with E-state index < -0.39 is 25.8 Å². The van der Waals surface area contributed by atoms with Crippen LogP contribution in [0.5, 0.6) is 0 Å². The molecule has 0 fully saturated rings. The Bertz CT molecular complexity index is 1410. The number of phosphoric ester groups is 1. The third-order valence-corrected chi connectivity index (χ3v) is 6.94. The number of hydrogen-bond donors (Lipinski definition) is 2. The van der Waals surface area contributed by atoms with E-state index in [1.807, 2.05) is 66.7 Å². The number of anilines is 1. The van der Waals surface area contributed by atoms with Crippen molar-refractivity contribution in [1.29, 1.82) is 0 Å². The predicted octanol–water partition coefficient (Wildman–Crippen LogP) is 5.97. The quantitative estimate of drug-likeness (QED) is 0.153. The maximum atomic E-state index is 13.2. The zero-order valence-electron chi connectivity index (χ0n) is 21.7. The van der Waals surface area contributed by atoms with Crippen LogP contribution in [0.4, 0.5) is 5.69 Å². The van der Waals surface area contributed by atoms with Crippen molar-refractivity contribution in [2.24, 2.45) is 0 Å². The van der Waals surface area contributed by atoms with Crippen LogP contribution in [-0.4, -0.2) is 29.5 Å². The average Bonchev–Trinajstić information content (AvgIpc) is 2.97. The van der Waals surface area contributed by atoms with Crippen LogP contribution >= 0.6 is 7.82 Å². The largest absolute Gasteiger partial charge is 0.472 e. The van der Waals surface area contributed by atoms with E-state index in [2.05, 4.69) is 5.32 Å². The van der Waals surface area contributed by atoms with Crippen molar-refractivity contribution in [2.75, 3.05) is 11.9 Å². The maximum Gasteiger partial charge on any atom is 0.472 e. The molecule has 0 saturated heterocycles. The molecule has 0 aliphatic heterocycles. The summed E-state index contributed by atoms with van der Waals surface area (Å²) in [4.78, 5) is 35.9. The predicted molar refractivity (Wildman–Crippen MR) is 152 cm³/mol. The van der Waals surface area contributed by atoms with Gasteiger partial charge in [0.05, 0.1) is 12.2 Å². The van der Waals surface area contributed by atoms with Gasteiger partial charge in [-0.05, 0) is 47.4 Å². The van der Waals surface area contributed by atoms with Crippen molar-refractivity contribution in [3.05, 3.63) is 138 Å². The molecule has 0 aliphatic rings. The third-order valence-electron chi connectivity index (χ3n) is 5.91. The molecule has 0 radical (unpaired) electrons. The summed E-state index contributed by atoms with van der Waals surface area (Å²) in [7, 11) is -4.56. The third kappa shape index (κ3) is 9.29. The molecule has 0 spiro atoms. The van der Waals surface area contributed by atoms with Crippen molar-refractivity contribution in [3.63, 3.8) is 0 Å². The Hall–Kier alpha value is -4.07. The van der Waals surface area contributed by atoms with Gasteiger partial charge in [0, 0.05) is 12.1 Å². The molecule has 2 atom stereocenters. The van der Waals surface area contributed by atoms with Crippen LogP contribution in [0.25, 0.3) is 0 Å². The van der Waals surface area contributed by atoms with Crippen LogP contribution in [0, 0.1) is 0 Å². The van der Waals surface area contributed by atoms with E-state index in [9.17, 15) is 19.0 Å². The van der Waals surface area contributed by atoms with Gasteiger partial charge in [0.25, 0.3) is 5.91 Å². The maximum absolute atomic E-state index is 13.2. The minimum atomic E-state index is -4.56. The molecular formula is C31H30NO7P. The molecule has 9 heteroatoms. The van der Waals surface area contributed by atoms with E-state index in [1.165, 1.54) is 12.1 Å². The van der Waals surface area contributed by atoms with E-state index >= 15 is 0 Å². The number of benzene rings is 4. The second-order valence-electron chi connectivity index (χ2n) is 8.95. The summed E-state index contributed by atoms with van der Waals surface area (Å²) >= 11 is 0. The Labute approximate surface area is 233 Å². The molecule has 0 heterocycles. The Morgan fingerprint density at radius 1 is 0.750 bits per heavy atom. The molecule has 0 aromatic heterocycles. The van der Waals surface area contributed by atoms with E-state index in [0.717, 1.165) is 16.7 Å². The van der Waals surface area contributed by atoms with Gasteiger partial charge in [0.15, 0.2) is 6.10 Å². The van der Waals surface area contributed by atoms with Gasteiger partial charge >= 0.3 is 13.8 Å². The van der Waals surface area contributed by atoms with Crippen LogP contribution in [0.1, 0.15) is 27.0 Å². The number of esters is 1. The molecule has 0 bridgehead atoms. The van der Waals surface area contributed by atoms with Gasteiger partial charge in [-0.25, -0.2) is 9.36 Å². The van der Waals surface area contributed by atoms with Crippen LogP contribution < -0.4 is 5.32 Å². The highest BCUT2D eigenvalue weighted by Crippen LogP contribution is 2.45. The zero-order valence-corrected chi connectivity index (χ0v) is 22.6. The van der Waals surface area contributed by atoms with Gasteiger partial charge in [0.2, 0.25) is 0 Å². The lowest BCUT2D eigenvalue weighted by Crippen LogP contribution is -2.32. The second kappa shape index (κ2) is 14.4. The van der Waals surface area contributed by atoms with E-state index in [0.29, 0.717) is 17.7 Å². The number of carbonyl (C=O) groups excluding carboxylic acids is 2. The van der Waals surface area contributed by atoms with E-state index in [-0.39, 0.29) is 19.6 Å². The Morgan fingerprint density at radius 3 is 1.90 bits per heavy atom. The first-order valence-corrected chi connectivity index (χ1v) is 14.2. The van der Waals surface area contributed by atoms with Crippen LogP contribution in [-0.2, 0) is 42.6 Å². The normalized spacial score (nSPS) is 13.1. The van der Waals surface area contributed by atoms with Crippen LogP contribution in [0.2, 0.25) is 0 Å². The molecule has 8 nitrogen and oxygen atoms in total. The van der Waals surface area contributed by atoms with E-state index in [4.69, 9.17) is 13.8 Å². The molecule has 1 unspecified atom stereocenters. The van der Waals surface area contributed by atoms with Gasteiger partial charge in [-0.3, -0.25) is 13.8 Å². The molecule has 206 valence electrons. The minimum Gasteiger partial charge on any atom is -0.457 e. The lowest BCUT2D eigenvalue weighted by Gasteiger charge is -2.21. The standard InChI is InChI=1S/C31H30NO7P/c33-30(32-28-18-16-27(17-19-28)31(34)37-23-26-14-8-3-9-15-26)29(22-25-12-6-2-7-13-25)39-40(35,36)38-21-20-24-10-4-1-5-11-24/h1-19,29H,20-23H2,(H,32,33)(H,35,36)/t29-/m0/s1. The first kappa shape index (κ1) is 28.9. The molecule has 2 N–H and O–H groups in total. The summed E-state index contributed by atoms with van der Waals surface area (Å²) < 4.78 is 28.6. The average molecular weight is 560 g/mol.